The zero-order valence-corrected chi connectivity index (χ0v) is 18.2. The van der Waals surface area contributed by atoms with Crippen LogP contribution in [-0.2, 0) is 25.7 Å². The second kappa shape index (κ2) is 6.67. The Morgan fingerprint density at radius 1 is 0.353 bits per heavy atom. The molecule has 0 saturated heterocycles. The van der Waals surface area contributed by atoms with Crippen molar-refractivity contribution in [1.82, 2.24) is 0 Å². The van der Waals surface area contributed by atoms with E-state index in [-0.39, 0.29) is 23.1 Å². The first-order valence-electron chi connectivity index (χ1n) is 11.5. The summed E-state index contributed by atoms with van der Waals surface area (Å²) in [6, 6.07) is 11.7. The lowest BCUT2D eigenvalue weighted by Gasteiger charge is -2.32. The molecule has 4 nitrogen and oxygen atoms in total. The maximum atomic E-state index is 13.1. The number of aryl methyl sites for hydroxylation is 4. The minimum absolute atomic E-state index is 0.169. The molecular weight excluding hydrogens is 424 g/mol. The smallest absolute Gasteiger partial charge is 0.187 e. The fourth-order valence-corrected chi connectivity index (χ4v) is 6.07. The molecule has 3 aromatic carbocycles. The largest absolute Gasteiger partial charge is 0.289 e. The van der Waals surface area contributed by atoms with E-state index in [2.05, 4.69) is 12.1 Å². The van der Waals surface area contributed by atoms with Crippen LogP contribution >= 0.6 is 0 Å². The highest BCUT2D eigenvalue weighted by molar-refractivity contribution is 6.27. The first-order chi connectivity index (χ1) is 16.5. The maximum Gasteiger partial charge on any atom is 0.187 e. The molecule has 0 unspecified atom stereocenters. The van der Waals surface area contributed by atoms with Crippen LogP contribution < -0.4 is 0 Å². The lowest BCUT2D eigenvalue weighted by molar-refractivity contribution is 0.0994. The number of ketones is 4. The van der Waals surface area contributed by atoms with Crippen molar-refractivity contribution in [3.05, 3.63) is 105 Å². The Morgan fingerprint density at radius 3 is 1.03 bits per heavy atom. The van der Waals surface area contributed by atoms with Crippen LogP contribution in [0.1, 0.15) is 63.7 Å². The predicted molar refractivity (Wildman–Crippen MR) is 128 cm³/mol. The van der Waals surface area contributed by atoms with Gasteiger partial charge in [-0.25, -0.2) is 0 Å². The van der Waals surface area contributed by atoms with Crippen LogP contribution in [0.4, 0.5) is 0 Å². The number of hydrogen-bond acceptors (Lipinski definition) is 4. The molecule has 0 atom stereocenters. The Morgan fingerprint density at radius 2 is 0.647 bits per heavy atom. The van der Waals surface area contributed by atoms with Gasteiger partial charge in [-0.3, -0.25) is 19.2 Å². The van der Waals surface area contributed by atoms with Crippen LogP contribution in [-0.4, -0.2) is 23.1 Å². The van der Waals surface area contributed by atoms with E-state index in [0.717, 1.165) is 70.2 Å². The maximum absolute atomic E-state index is 13.1. The summed E-state index contributed by atoms with van der Waals surface area (Å²) in [5.41, 5.74) is 9.56. The molecule has 34 heavy (non-hydrogen) atoms. The zero-order valence-electron chi connectivity index (χ0n) is 18.2. The summed E-state index contributed by atoms with van der Waals surface area (Å²) in [7, 11) is 0. The highest BCUT2D eigenvalue weighted by Crippen LogP contribution is 2.49. The van der Waals surface area contributed by atoms with Gasteiger partial charge in [-0.2, -0.15) is 0 Å². The van der Waals surface area contributed by atoms with Crippen molar-refractivity contribution < 1.29 is 19.2 Å². The molecule has 0 spiro atoms. The van der Waals surface area contributed by atoms with Gasteiger partial charge in [0.05, 0.1) is 0 Å². The monoisotopic (exact) mass is 442 g/mol. The standard InChI is InChI=1S/C30H18O4/c31-21-11-13-23(33)29-19(21)9-7-17-5-3-15-1-2-16-4-6-18-8-10-20-22(32)12-14-24(34)30(20)28(18)26(16)25(15)27(17)29/h1-2,7-14H,3-6H2. The fraction of sp³-hybridized carbons (Fsp3) is 0.133. The summed E-state index contributed by atoms with van der Waals surface area (Å²) in [6.45, 7) is 0. The molecule has 162 valence electrons. The van der Waals surface area contributed by atoms with E-state index in [1.807, 2.05) is 12.1 Å². The van der Waals surface area contributed by atoms with Gasteiger partial charge in [-0.05, 0) is 107 Å². The number of hydrogen-bond donors (Lipinski definition) is 0. The van der Waals surface area contributed by atoms with Gasteiger partial charge in [0, 0.05) is 22.3 Å². The summed E-state index contributed by atoms with van der Waals surface area (Å²) in [5.74, 6) is -0.676. The third-order valence-corrected chi connectivity index (χ3v) is 7.58. The van der Waals surface area contributed by atoms with Gasteiger partial charge in [-0.1, -0.05) is 24.3 Å². The molecule has 4 heteroatoms. The van der Waals surface area contributed by atoms with Crippen molar-refractivity contribution in [1.29, 1.82) is 0 Å². The van der Waals surface area contributed by atoms with E-state index in [0.29, 0.717) is 22.3 Å². The molecule has 0 aromatic heterocycles. The number of rotatable bonds is 0. The van der Waals surface area contributed by atoms with Crippen LogP contribution in [0.5, 0.6) is 0 Å². The molecule has 0 heterocycles. The number of fused-ring (bicyclic) bond motifs is 11. The third kappa shape index (κ3) is 2.43. The lowest BCUT2D eigenvalue weighted by Crippen LogP contribution is -2.20. The van der Waals surface area contributed by atoms with E-state index in [1.165, 1.54) is 24.3 Å². The normalized spacial score (nSPS) is 16.9. The van der Waals surface area contributed by atoms with E-state index in [1.54, 1.807) is 12.1 Å². The van der Waals surface area contributed by atoms with Gasteiger partial charge < -0.3 is 0 Å². The van der Waals surface area contributed by atoms with Gasteiger partial charge in [0.15, 0.2) is 23.1 Å². The quantitative estimate of drug-likeness (QED) is 0.486. The molecular formula is C30H18O4. The Labute approximate surface area is 195 Å². The summed E-state index contributed by atoms with van der Waals surface area (Å²) in [6.07, 6.45) is 8.56. The highest BCUT2D eigenvalue weighted by atomic mass is 16.1. The van der Waals surface area contributed by atoms with Crippen molar-refractivity contribution in [3.8, 4) is 22.3 Å². The van der Waals surface area contributed by atoms with Crippen LogP contribution in [0.25, 0.3) is 22.3 Å². The minimum Gasteiger partial charge on any atom is -0.289 e. The number of carbonyl (C=O) groups is 4. The van der Waals surface area contributed by atoms with E-state index < -0.39 is 0 Å². The SMILES string of the molecule is O=C1C=CC(=O)c2c1ccc1c2-c2c(ccc3c2-c2c(ccc4c2C(=O)C=CC4=O)CC3)CC1. The number of benzene rings is 3. The zero-order chi connectivity index (χ0) is 23.1. The van der Waals surface area contributed by atoms with Crippen molar-refractivity contribution in [2.24, 2.45) is 0 Å². The average molecular weight is 442 g/mol. The predicted octanol–water partition coefficient (Wildman–Crippen LogP) is 5.09. The average Bonchev–Trinajstić information content (AvgIpc) is 2.86. The number of allylic oxidation sites excluding steroid dienone is 4. The van der Waals surface area contributed by atoms with Gasteiger partial charge in [0.25, 0.3) is 0 Å². The van der Waals surface area contributed by atoms with Crippen LogP contribution in [0, 0.1) is 0 Å². The molecule has 3 aromatic rings. The van der Waals surface area contributed by atoms with E-state index in [4.69, 9.17) is 0 Å². The molecule has 7 rings (SSSR count). The molecule has 0 bridgehead atoms. The van der Waals surface area contributed by atoms with E-state index in [9.17, 15) is 19.2 Å². The van der Waals surface area contributed by atoms with Crippen molar-refractivity contribution in [2.75, 3.05) is 0 Å². The first-order valence-corrected chi connectivity index (χ1v) is 11.5. The van der Waals surface area contributed by atoms with Gasteiger partial charge in [-0.15, -0.1) is 0 Å². The Kier molecular flexibility index (Phi) is 3.79. The topological polar surface area (TPSA) is 68.3 Å². The Bertz CT molecular complexity index is 1490. The van der Waals surface area contributed by atoms with Crippen molar-refractivity contribution in [2.45, 2.75) is 25.7 Å². The molecule has 0 radical (unpaired) electrons. The lowest BCUT2D eigenvalue weighted by atomic mass is 9.70. The fourth-order valence-electron chi connectivity index (χ4n) is 6.07. The Hall–Kier alpha value is -4.18. The van der Waals surface area contributed by atoms with E-state index >= 15 is 0 Å². The molecule has 4 aliphatic carbocycles. The summed E-state index contributed by atoms with van der Waals surface area (Å²) in [5, 5.41) is 0. The highest BCUT2D eigenvalue weighted by Gasteiger charge is 2.35. The van der Waals surface area contributed by atoms with Gasteiger partial charge in [0.2, 0.25) is 0 Å². The molecule has 0 fully saturated rings. The van der Waals surface area contributed by atoms with Crippen LogP contribution in [0.3, 0.4) is 0 Å². The molecule has 0 N–H and O–H groups in total. The van der Waals surface area contributed by atoms with Crippen LogP contribution in [0.2, 0.25) is 0 Å². The molecule has 0 saturated carbocycles. The van der Waals surface area contributed by atoms with Crippen molar-refractivity contribution in [3.63, 3.8) is 0 Å². The molecule has 0 amide bonds. The van der Waals surface area contributed by atoms with Crippen molar-refractivity contribution >= 4 is 23.1 Å². The summed E-state index contributed by atoms with van der Waals surface area (Å²) < 4.78 is 0. The molecule has 0 aliphatic heterocycles. The van der Waals surface area contributed by atoms with Crippen LogP contribution in [0.15, 0.2) is 60.7 Å². The Balaban J connectivity index is 1.63. The van der Waals surface area contributed by atoms with Gasteiger partial charge >= 0.3 is 0 Å². The second-order valence-electron chi connectivity index (χ2n) is 9.30. The third-order valence-electron chi connectivity index (χ3n) is 7.58. The minimum atomic E-state index is -0.169. The second-order valence-corrected chi connectivity index (χ2v) is 9.30. The first kappa shape index (κ1) is 19.3. The number of carbonyl (C=O) groups excluding carboxylic acids is 4. The van der Waals surface area contributed by atoms with Gasteiger partial charge in [0.1, 0.15) is 0 Å². The summed E-state index contributed by atoms with van der Waals surface area (Å²) >= 11 is 0. The molecule has 4 aliphatic rings. The summed E-state index contributed by atoms with van der Waals surface area (Å²) in [4.78, 5) is 51.5.